The first-order valence-electron chi connectivity index (χ1n) is 8.08. The normalized spacial score (nSPS) is 31.5. The van der Waals surface area contributed by atoms with Gasteiger partial charge in [0, 0.05) is 13.8 Å². The number of rotatable bonds is 4. The van der Waals surface area contributed by atoms with E-state index in [1.807, 2.05) is 0 Å². The van der Waals surface area contributed by atoms with Gasteiger partial charge >= 0.3 is 11.9 Å². The van der Waals surface area contributed by atoms with Crippen molar-refractivity contribution >= 4 is 42.8 Å². The van der Waals surface area contributed by atoms with Gasteiger partial charge in [-0.25, -0.2) is 0 Å². The molecule has 1 rings (SSSR count). The lowest BCUT2D eigenvalue weighted by atomic mass is 10.0. The first-order valence-corrected chi connectivity index (χ1v) is 12.2. The summed E-state index contributed by atoms with van der Waals surface area (Å²) in [7, 11) is -2.12. The molecule has 1 fully saturated rings. The second-order valence-electron chi connectivity index (χ2n) is 7.68. The molecule has 0 aromatic rings. The van der Waals surface area contributed by atoms with Crippen LogP contribution in [0.1, 0.15) is 41.5 Å². The molecule has 0 unspecified atom stereocenters. The molecule has 0 radical (unpaired) electrons. The fourth-order valence-electron chi connectivity index (χ4n) is 2.23. The zero-order chi connectivity index (χ0) is 18.9. The van der Waals surface area contributed by atoms with E-state index < -0.39 is 38.9 Å². The number of carbonyl (C=O) groups excluding carboxylic acids is 2. The summed E-state index contributed by atoms with van der Waals surface area (Å²) in [6.45, 7) is 15.2. The van der Waals surface area contributed by atoms with E-state index in [4.69, 9.17) is 18.6 Å². The Morgan fingerprint density at radius 2 is 1.54 bits per heavy atom. The van der Waals surface area contributed by atoms with Gasteiger partial charge in [0.1, 0.15) is 10.0 Å². The molecule has 24 heavy (non-hydrogen) atoms. The van der Waals surface area contributed by atoms with E-state index in [-0.39, 0.29) is 14.9 Å². The van der Waals surface area contributed by atoms with Gasteiger partial charge in [0.25, 0.3) is 0 Å². The van der Waals surface area contributed by atoms with E-state index in [9.17, 15) is 9.59 Å². The summed E-state index contributed by atoms with van der Waals surface area (Å²) >= 11 is 2.16. The van der Waals surface area contributed by atoms with Gasteiger partial charge in [-0.2, -0.15) is 0 Å². The molecule has 1 aliphatic rings. The zero-order valence-corrected chi connectivity index (χ0v) is 18.9. The van der Waals surface area contributed by atoms with E-state index in [2.05, 4.69) is 56.5 Å². The number of halogens is 1. The summed E-state index contributed by atoms with van der Waals surface area (Å²) in [4.78, 5) is 22.9. The summed E-state index contributed by atoms with van der Waals surface area (Å²) in [5, 5.41) is 0.00258. The lowest BCUT2D eigenvalue weighted by molar-refractivity contribution is -0.238. The monoisotopic (exact) mass is 472 g/mol. The molecule has 1 aliphatic heterocycles. The molecule has 0 amide bonds. The maximum atomic E-state index is 11.5. The molecule has 0 aromatic carbocycles. The van der Waals surface area contributed by atoms with Gasteiger partial charge in [0.2, 0.25) is 6.29 Å². The highest BCUT2D eigenvalue weighted by Crippen LogP contribution is 2.41. The van der Waals surface area contributed by atoms with E-state index in [0.717, 1.165) is 0 Å². The Labute approximate surface area is 159 Å². The van der Waals surface area contributed by atoms with Crippen LogP contribution in [0.25, 0.3) is 0 Å². The zero-order valence-electron chi connectivity index (χ0n) is 15.7. The summed E-state index contributed by atoms with van der Waals surface area (Å²) < 4.78 is 22.8. The Balaban J connectivity index is 3.12. The average Bonchev–Trinajstić information content (AvgIpc) is 2.37. The lowest BCUT2D eigenvalue weighted by Gasteiger charge is -2.47. The molecular formula is C16H29IO6Si. The van der Waals surface area contributed by atoms with Crippen LogP contribution in [0, 0.1) is 0 Å². The Hall–Kier alpha value is -0.193. The molecular weight excluding hydrogens is 443 g/mol. The minimum Gasteiger partial charge on any atom is -0.457 e. The molecule has 140 valence electrons. The van der Waals surface area contributed by atoms with E-state index >= 15 is 0 Å². The largest absolute Gasteiger partial charge is 0.457 e. The SMILES string of the molecule is CC(=O)O[C@H]1O[C@H](C)[C@@H](OC(C)=O)[C@H](O[Si](C)(C)C(C)(C)C)[C@@H]1I. The minimum atomic E-state index is -2.12. The van der Waals surface area contributed by atoms with E-state index in [0.29, 0.717) is 0 Å². The molecule has 6 nitrogen and oxygen atoms in total. The van der Waals surface area contributed by atoms with Gasteiger partial charge in [0.05, 0.1) is 6.10 Å². The maximum absolute atomic E-state index is 11.5. The van der Waals surface area contributed by atoms with Crippen LogP contribution in [0.5, 0.6) is 0 Å². The first-order chi connectivity index (χ1) is 10.8. The molecule has 0 saturated carbocycles. The number of ether oxygens (including phenoxy) is 3. The fraction of sp³-hybridized carbons (Fsp3) is 0.875. The number of carbonyl (C=O) groups is 2. The molecule has 8 heteroatoms. The summed E-state index contributed by atoms with van der Waals surface area (Å²) in [6, 6.07) is 0. The summed E-state index contributed by atoms with van der Waals surface area (Å²) in [5.41, 5.74) is 0. The van der Waals surface area contributed by atoms with Gasteiger partial charge in [-0.1, -0.05) is 43.4 Å². The quantitative estimate of drug-likeness (QED) is 0.270. The second-order valence-corrected chi connectivity index (χ2v) is 13.9. The van der Waals surface area contributed by atoms with Crippen LogP contribution in [-0.4, -0.2) is 48.8 Å². The van der Waals surface area contributed by atoms with E-state index in [1.54, 1.807) is 6.92 Å². The van der Waals surface area contributed by atoms with Crippen molar-refractivity contribution in [1.29, 1.82) is 0 Å². The highest BCUT2D eigenvalue weighted by Gasteiger charge is 2.51. The van der Waals surface area contributed by atoms with Crippen LogP contribution in [0.3, 0.4) is 0 Å². The molecule has 0 aliphatic carbocycles. The molecule has 0 N–H and O–H groups in total. The van der Waals surface area contributed by atoms with Crippen LogP contribution in [0.2, 0.25) is 18.1 Å². The van der Waals surface area contributed by atoms with Crippen LogP contribution in [0.15, 0.2) is 0 Å². The predicted molar refractivity (Wildman–Crippen MR) is 102 cm³/mol. The smallest absolute Gasteiger partial charge is 0.304 e. The summed E-state index contributed by atoms with van der Waals surface area (Å²) in [5.74, 6) is -0.792. The average molecular weight is 472 g/mol. The molecule has 0 bridgehead atoms. The molecule has 5 atom stereocenters. The van der Waals surface area contributed by atoms with Gasteiger partial charge in [-0.3, -0.25) is 9.59 Å². The first kappa shape index (κ1) is 21.8. The lowest BCUT2D eigenvalue weighted by Crippen LogP contribution is -2.61. The third-order valence-corrected chi connectivity index (χ3v) is 10.3. The fourth-order valence-corrected chi connectivity index (χ4v) is 4.69. The van der Waals surface area contributed by atoms with Gasteiger partial charge < -0.3 is 18.6 Å². The van der Waals surface area contributed by atoms with Gasteiger partial charge in [0.15, 0.2) is 14.4 Å². The van der Waals surface area contributed by atoms with Gasteiger partial charge in [-0.05, 0) is 25.1 Å². The van der Waals surface area contributed by atoms with Crippen LogP contribution < -0.4 is 0 Å². The molecule has 0 aromatic heterocycles. The third kappa shape index (κ3) is 5.40. The Bertz CT molecular complexity index is 476. The van der Waals surface area contributed by atoms with Crippen molar-refractivity contribution in [1.82, 2.24) is 0 Å². The summed E-state index contributed by atoms with van der Waals surface area (Å²) in [6.07, 6.45) is -2.09. The number of hydrogen-bond donors (Lipinski definition) is 0. The maximum Gasteiger partial charge on any atom is 0.304 e. The van der Waals surface area contributed by atoms with Crippen LogP contribution >= 0.6 is 22.6 Å². The van der Waals surface area contributed by atoms with Crippen molar-refractivity contribution in [2.45, 2.75) is 88.2 Å². The Morgan fingerprint density at radius 3 is 1.96 bits per heavy atom. The third-order valence-electron chi connectivity index (χ3n) is 4.53. The van der Waals surface area contributed by atoms with Crippen molar-refractivity contribution in [2.24, 2.45) is 0 Å². The van der Waals surface area contributed by atoms with Crippen molar-refractivity contribution in [3.63, 3.8) is 0 Å². The van der Waals surface area contributed by atoms with Crippen LogP contribution in [0.4, 0.5) is 0 Å². The number of alkyl halides is 1. The second kappa shape index (κ2) is 8.01. The van der Waals surface area contributed by atoms with Crippen LogP contribution in [-0.2, 0) is 28.2 Å². The van der Waals surface area contributed by atoms with Crippen molar-refractivity contribution in [3.05, 3.63) is 0 Å². The van der Waals surface area contributed by atoms with Gasteiger partial charge in [-0.15, -0.1) is 0 Å². The highest BCUT2D eigenvalue weighted by molar-refractivity contribution is 14.1. The highest BCUT2D eigenvalue weighted by atomic mass is 127. The van der Waals surface area contributed by atoms with Crippen molar-refractivity contribution in [2.75, 3.05) is 0 Å². The Kier molecular flexibility index (Phi) is 7.29. The van der Waals surface area contributed by atoms with E-state index in [1.165, 1.54) is 13.8 Å². The Morgan fingerprint density at radius 1 is 1.04 bits per heavy atom. The standard InChI is InChI=1S/C16H29IO6Si/c1-9-13(21-10(2)18)14(23-24(7,8)16(4,5)6)12(17)15(20-9)22-11(3)19/h9,12-15H,1-8H3/t9-,12+,13-,14-,15-/m1/s1. The molecule has 0 spiro atoms. The molecule has 1 heterocycles. The van der Waals surface area contributed by atoms with Crippen molar-refractivity contribution in [3.8, 4) is 0 Å². The van der Waals surface area contributed by atoms with Crippen molar-refractivity contribution < 1.29 is 28.2 Å². The molecule has 1 saturated heterocycles. The number of esters is 2. The number of hydrogen-bond acceptors (Lipinski definition) is 6. The predicted octanol–water partition coefficient (Wildman–Crippen LogP) is 3.42. The topological polar surface area (TPSA) is 71.1 Å². The minimum absolute atomic E-state index is 0.00258.